The van der Waals surface area contributed by atoms with E-state index in [4.69, 9.17) is 0 Å². The molecular formula is C15H28Si. The molecule has 0 aliphatic rings. The van der Waals surface area contributed by atoms with Crippen molar-refractivity contribution >= 4 is 8.07 Å². The Balaban J connectivity index is 4.06. The summed E-state index contributed by atoms with van der Waals surface area (Å²) in [4.78, 5) is 0. The second-order valence-corrected chi connectivity index (χ2v) is 10.2. The summed E-state index contributed by atoms with van der Waals surface area (Å²) in [5.41, 5.74) is 4.79. The molecule has 0 heterocycles. The minimum absolute atomic E-state index is 1.09. The van der Waals surface area contributed by atoms with Gasteiger partial charge in [-0.1, -0.05) is 64.7 Å². The van der Waals surface area contributed by atoms with E-state index in [1.807, 2.05) is 0 Å². The predicted octanol–water partition coefficient (Wildman–Crippen LogP) is 5.17. The number of hydrogen-bond donors (Lipinski definition) is 0. The molecule has 0 saturated carbocycles. The van der Waals surface area contributed by atoms with E-state index >= 15 is 0 Å². The van der Waals surface area contributed by atoms with Crippen LogP contribution in [0, 0.1) is 11.5 Å². The van der Waals surface area contributed by atoms with Gasteiger partial charge in [0.2, 0.25) is 0 Å². The lowest BCUT2D eigenvalue weighted by atomic mass is 10.1. The standard InChI is InChI=1S/C15H28Si/c1-6-8-9-10-11-12-15(7-2)13-14-16(3,4)5/h12H,6-11H2,1-5H3/b15-12+. The Labute approximate surface area is 104 Å². The Hall–Kier alpha value is -0.483. The van der Waals surface area contributed by atoms with Crippen molar-refractivity contribution < 1.29 is 0 Å². The van der Waals surface area contributed by atoms with Crippen LogP contribution in [0.3, 0.4) is 0 Å². The molecule has 0 atom stereocenters. The van der Waals surface area contributed by atoms with Crippen molar-refractivity contribution in [1.29, 1.82) is 0 Å². The molecule has 0 aromatic carbocycles. The van der Waals surface area contributed by atoms with Crippen molar-refractivity contribution in [2.45, 2.75) is 72.0 Å². The molecule has 0 saturated heterocycles. The third kappa shape index (κ3) is 10.0. The monoisotopic (exact) mass is 236 g/mol. The van der Waals surface area contributed by atoms with Gasteiger partial charge in [-0.15, -0.1) is 5.54 Å². The van der Waals surface area contributed by atoms with E-state index in [0.29, 0.717) is 0 Å². The molecule has 0 unspecified atom stereocenters. The molecule has 0 radical (unpaired) electrons. The van der Waals surface area contributed by atoms with Gasteiger partial charge in [0.25, 0.3) is 0 Å². The van der Waals surface area contributed by atoms with Gasteiger partial charge in [0.05, 0.1) is 0 Å². The van der Waals surface area contributed by atoms with Gasteiger partial charge in [0, 0.05) is 0 Å². The fourth-order valence-electron chi connectivity index (χ4n) is 1.40. The zero-order valence-electron chi connectivity index (χ0n) is 11.8. The van der Waals surface area contributed by atoms with E-state index in [-0.39, 0.29) is 0 Å². The zero-order valence-corrected chi connectivity index (χ0v) is 12.8. The lowest BCUT2D eigenvalue weighted by Crippen LogP contribution is -2.16. The summed E-state index contributed by atoms with van der Waals surface area (Å²) < 4.78 is 0. The highest BCUT2D eigenvalue weighted by Crippen LogP contribution is 2.08. The average molecular weight is 236 g/mol. The predicted molar refractivity (Wildman–Crippen MR) is 78.3 cm³/mol. The number of unbranched alkanes of at least 4 members (excludes halogenated alkanes) is 4. The molecule has 0 fully saturated rings. The Kier molecular flexibility index (Phi) is 8.38. The molecule has 0 bridgehead atoms. The summed E-state index contributed by atoms with van der Waals surface area (Å²) in [5.74, 6) is 3.37. The van der Waals surface area contributed by atoms with Crippen LogP contribution in [0.4, 0.5) is 0 Å². The van der Waals surface area contributed by atoms with Crippen molar-refractivity contribution in [2.75, 3.05) is 0 Å². The van der Waals surface area contributed by atoms with E-state index in [1.54, 1.807) is 0 Å². The molecule has 0 amide bonds. The van der Waals surface area contributed by atoms with Crippen LogP contribution < -0.4 is 0 Å². The number of allylic oxidation sites excluding steroid dienone is 2. The topological polar surface area (TPSA) is 0 Å². The van der Waals surface area contributed by atoms with E-state index in [1.165, 1.54) is 37.7 Å². The molecule has 0 aromatic heterocycles. The van der Waals surface area contributed by atoms with Crippen LogP contribution in [0.5, 0.6) is 0 Å². The van der Waals surface area contributed by atoms with Gasteiger partial charge in [-0.3, -0.25) is 0 Å². The van der Waals surface area contributed by atoms with Crippen LogP contribution in [0.1, 0.15) is 52.4 Å². The molecule has 16 heavy (non-hydrogen) atoms. The first kappa shape index (κ1) is 15.5. The lowest BCUT2D eigenvalue weighted by Gasteiger charge is -2.04. The highest BCUT2D eigenvalue weighted by molar-refractivity contribution is 6.83. The molecule has 0 aliphatic carbocycles. The quantitative estimate of drug-likeness (QED) is 0.339. The minimum Gasteiger partial charge on any atom is -0.127 e. The summed E-state index contributed by atoms with van der Waals surface area (Å²) in [6.07, 6.45) is 10.0. The maximum absolute atomic E-state index is 3.45. The van der Waals surface area contributed by atoms with E-state index in [9.17, 15) is 0 Å². The van der Waals surface area contributed by atoms with Crippen LogP contribution in [-0.2, 0) is 0 Å². The SMILES string of the molecule is CCCCCC/C=C(/C#C[Si](C)(C)C)CC. The summed E-state index contributed by atoms with van der Waals surface area (Å²) in [7, 11) is -1.20. The minimum atomic E-state index is -1.20. The van der Waals surface area contributed by atoms with Crippen molar-refractivity contribution in [3.8, 4) is 11.5 Å². The molecule has 0 spiro atoms. The Morgan fingerprint density at radius 3 is 2.25 bits per heavy atom. The summed E-state index contributed by atoms with van der Waals surface area (Å²) in [6.45, 7) is 11.4. The molecule has 0 nitrogen and oxygen atoms in total. The van der Waals surface area contributed by atoms with Gasteiger partial charge < -0.3 is 0 Å². The average Bonchev–Trinajstić information content (AvgIpc) is 2.21. The van der Waals surface area contributed by atoms with Gasteiger partial charge in [-0.25, -0.2) is 0 Å². The molecule has 0 N–H and O–H groups in total. The van der Waals surface area contributed by atoms with Gasteiger partial charge in [-0.05, 0) is 24.8 Å². The fraction of sp³-hybridized carbons (Fsp3) is 0.733. The lowest BCUT2D eigenvalue weighted by molar-refractivity contribution is 0.673. The summed E-state index contributed by atoms with van der Waals surface area (Å²) in [6, 6.07) is 0. The van der Waals surface area contributed by atoms with E-state index in [0.717, 1.165) is 6.42 Å². The van der Waals surface area contributed by atoms with Gasteiger partial charge in [0.1, 0.15) is 8.07 Å². The number of rotatable bonds is 6. The maximum atomic E-state index is 3.45. The highest BCUT2D eigenvalue weighted by Gasteiger charge is 2.07. The van der Waals surface area contributed by atoms with Crippen molar-refractivity contribution in [3.05, 3.63) is 11.6 Å². The zero-order chi connectivity index (χ0) is 12.4. The van der Waals surface area contributed by atoms with E-state index in [2.05, 4.69) is 51.0 Å². The van der Waals surface area contributed by atoms with Crippen LogP contribution in [0.15, 0.2) is 11.6 Å². The normalized spacial score (nSPS) is 12.2. The fourth-order valence-corrected chi connectivity index (χ4v) is 1.93. The van der Waals surface area contributed by atoms with Crippen molar-refractivity contribution in [2.24, 2.45) is 0 Å². The Bertz CT molecular complexity index is 257. The highest BCUT2D eigenvalue weighted by atomic mass is 28.3. The summed E-state index contributed by atoms with van der Waals surface area (Å²) in [5, 5.41) is 0. The largest absolute Gasteiger partial charge is 0.129 e. The first-order valence-electron chi connectivity index (χ1n) is 6.71. The molecule has 1 heteroatoms. The second kappa shape index (κ2) is 8.64. The smallest absolute Gasteiger partial charge is 0.127 e. The Morgan fingerprint density at radius 2 is 1.75 bits per heavy atom. The van der Waals surface area contributed by atoms with E-state index < -0.39 is 8.07 Å². The van der Waals surface area contributed by atoms with Crippen LogP contribution >= 0.6 is 0 Å². The molecule has 0 rings (SSSR count). The summed E-state index contributed by atoms with van der Waals surface area (Å²) >= 11 is 0. The van der Waals surface area contributed by atoms with Crippen LogP contribution in [-0.4, -0.2) is 8.07 Å². The third-order valence-corrected chi connectivity index (χ3v) is 3.30. The first-order chi connectivity index (χ1) is 7.49. The second-order valence-electron chi connectivity index (χ2n) is 5.43. The van der Waals surface area contributed by atoms with Crippen molar-refractivity contribution in [3.63, 3.8) is 0 Å². The first-order valence-corrected chi connectivity index (χ1v) is 10.2. The van der Waals surface area contributed by atoms with Gasteiger partial charge in [0.15, 0.2) is 0 Å². The molecule has 0 aromatic rings. The molecule has 0 aliphatic heterocycles. The molecule has 92 valence electrons. The maximum Gasteiger partial charge on any atom is 0.129 e. The van der Waals surface area contributed by atoms with Gasteiger partial charge in [-0.2, -0.15) is 0 Å². The van der Waals surface area contributed by atoms with Crippen LogP contribution in [0.2, 0.25) is 19.6 Å². The van der Waals surface area contributed by atoms with Crippen LogP contribution in [0.25, 0.3) is 0 Å². The number of hydrogen-bond acceptors (Lipinski definition) is 0. The third-order valence-electron chi connectivity index (χ3n) is 2.43. The Morgan fingerprint density at radius 1 is 1.06 bits per heavy atom. The van der Waals surface area contributed by atoms with Gasteiger partial charge >= 0.3 is 0 Å². The van der Waals surface area contributed by atoms with Crippen molar-refractivity contribution in [1.82, 2.24) is 0 Å². The molecular weight excluding hydrogens is 208 g/mol.